The van der Waals surface area contributed by atoms with Gasteiger partial charge in [-0.25, -0.2) is 0 Å². The number of nitrogens with zero attached hydrogens (tertiary/aromatic N) is 1. The predicted molar refractivity (Wildman–Crippen MR) is 85.9 cm³/mol. The molecule has 1 amide bonds. The predicted octanol–water partition coefficient (Wildman–Crippen LogP) is 2.46. The molecule has 0 aromatic heterocycles. The van der Waals surface area contributed by atoms with Crippen LogP contribution in [0.1, 0.15) is 19.3 Å². The number of likely N-dealkylation sites (N-methyl/N-ethyl adjacent to an activating group) is 1. The highest BCUT2D eigenvalue weighted by Gasteiger charge is 2.16. The quantitative estimate of drug-likeness (QED) is 0.866. The summed E-state index contributed by atoms with van der Waals surface area (Å²) in [4.78, 5) is 14.1. The van der Waals surface area contributed by atoms with Gasteiger partial charge in [0.2, 0.25) is 5.91 Å². The molecule has 0 aliphatic carbocycles. The molecule has 0 saturated carbocycles. The highest BCUT2D eigenvalue weighted by atomic mass is 79.9. The van der Waals surface area contributed by atoms with Gasteiger partial charge < -0.3 is 10.6 Å². The molecule has 0 radical (unpaired) electrons. The zero-order valence-electron chi connectivity index (χ0n) is 11.9. The maximum atomic E-state index is 12.0. The van der Waals surface area contributed by atoms with Gasteiger partial charge in [0.15, 0.2) is 0 Å². The molecule has 1 fully saturated rings. The van der Waals surface area contributed by atoms with Gasteiger partial charge in [-0.15, -0.1) is 0 Å². The van der Waals surface area contributed by atoms with Crippen LogP contribution in [0, 0.1) is 0 Å². The summed E-state index contributed by atoms with van der Waals surface area (Å²) in [5.74, 6) is 0.0291. The molecular formula is C15H22BrN3O. The lowest BCUT2D eigenvalue weighted by molar-refractivity contribution is -0.117. The van der Waals surface area contributed by atoms with Gasteiger partial charge in [-0.2, -0.15) is 0 Å². The molecule has 2 N–H and O–H groups in total. The molecule has 20 heavy (non-hydrogen) atoms. The van der Waals surface area contributed by atoms with E-state index < -0.39 is 0 Å². The number of amides is 1. The van der Waals surface area contributed by atoms with Gasteiger partial charge >= 0.3 is 0 Å². The molecule has 1 heterocycles. The Morgan fingerprint density at radius 2 is 2.35 bits per heavy atom. The van der Waals surface area contributed by atoms with E-state index in [4.69, 9.17) is 0 Å². The standard InChI is InChI=1S/C15H22BrN3O/c1-19(10-14-6-2-3-8-17-14)11-15(20)18-13-7-4-5-12(16)9-13/h4-5,7,9,14,17H,2-3,6,8,10-11H2,1H3,(H,18,20). The topological polar surface area (TPSA) is 44.4 Å². The maximum Gasteiger partial charge on any atom is 0.238 e. The molecule has 4 nitrogen and oxygen atoms in total. The second kappa shape index (κ2) is 7.76. The fourth-order valence-corrected chi connectivity index (χ4v) is 2.93. The van der Waals surface area contributed by atoms with Gasteiger partial charge in [-0.1, -0.05) is 28.4 Å². The van der Waals surface area contributed by atoms with Crippen LogP contribution in [-0.4, -0.2) is 43.5 Å². The number of hydrogen-bond donors (Lipinski definition) is 2. The van der Waals surface area contributed by atoms with Crippen molar-refractivity contribution in [2.24, 2.45) is 0 Å². The fourth-order valence-electron chi connectivity index (χ4n) is 2.53. The van der Waals surface area contributed by atoms with E-state index in [1.54, 1.807) is 0 Å². The van der Waals surface area contributed by atoms with Crippen molar-refractivity contribution in [1.82, 2.24) is 10.2 Å². The third-order valence-corrected chi connectivity index (χ3v) is 3.96. The minimum absolute atomic E-state index is 0.0291. The normalized spacial score (nSPS) is 19.1. The SMILES string of the molecule is CN(CC(=O)Nc1cccc(Br)c1)CC1CCCCN1. The molecule has 1 aromatic carbocycles. The van der Waals surface area contributed by atoms with E-state index >= 15 is 0 Å². The number of halogens is 1. The van der Waals surface area contributed by atoms with Gasteiger partial charge in [-0.3, -0.25) is 9.69 Å². The molecule has 110 valence electrons. The van der Waals surface area contributed by atoms with E-state index in [0.29, 0.717) is 12.6 Å². The van der Waals surface area contributed by atoms with E-state index in [1.165, 1.54) is 19.3 Å². The Morgan fingerprint density at radius 3 is 3.05 bits per heavy atom. The van der Waals surface area contributed by atoms with Crippen molar-refractivity contribution in [3.8, 4) is 0 Å². The van der Waals surface area contributed by atoms with Crippen LogP contribution in [-0.2, 0) is 4.79 Å². The largest absolute Gasteiger partial charge is 0.325 e. The molecule has 1 aromatic rings. The number of nitrogens with one attached hydrogen (secondary N) is 2. The lowest BCUT2D eigenvalue weighted by Gasteiger charge is -2.27. The van der Waals surface area contributed by atoms with Crippen LogP contribution >= 0.6 is 15.9 Å². The first kappa shape index (κ1) is 15.5. The summed E-state index contributed by atoms with van der Waals surface area (Å²) >= 11 is 3.40. The van der Waals surface area contributed by atoms with E-state index in [1.807, 2.05) is 31.3 Å². The third kappa shape index (κ3) is 5.23. The summed E-state index contributed by atoms with van der Waals surface area (Å²) in [7, 11) is 2.00. The molecule has 2 rings (SSSR count). The Labute approximate surface area is 129 Å². The lowest BCUT2D eigenvalue weighted by Crippen LogP contribution is -2.44. The number of anilines is 1. The molecule has 5 heteroatoms. The fraction of sp³-hybridized carbons (Fsp3) is 0.533. The monoisotopic (exact) mass is 339 g/mol. The van der Waals surface area contributed by atoms with Crippen LogP contribution in [0.15, 0.2) is 28.7 Å². The van der Waals surface area contributed by atoms with Crippen molar-refractivity contribution < 1.29 is 4.79 Å². The van der Waals surface area contributed by atoms with Crippen molar-refractivity contribution >= 4 is 27.5 Å². The zero-order chi connectivity index (χ0) is 14.4. The summed E-state index contributed by atoms with van der Waals surface area (Å²) in [6.45, 7) is 2.44. The average molecular weight is 340 g/mol. The maximum absolute atomic E-state index is 12.0. The van der Waals surface area contributed by atoms with Crippen LogP contribution in [0.4, 0.5) is 5.69 Å². The molecule has 1 atom stereocenters. The Balaban J connectivity index is 1.75. The molecule has 1 saturated heterocycles. The number of benzene rings is 1. The second-order valence-corrected chi connectivity index (χ2v) is 6.32. The van der Waals surface area contributed by atoms with Gasteiger partial charge in [0.1, 0.15) is 0 Å². The molecule has 1 unspecified atom stereocenters. The van der Waals surface area contributed by atoms with Crippen LogP contribution in [0.3, 0.4) is 0 Å². The van der Waals surface area contributed by atoms with E-state index in [-0.39, 0.29) is 5.91 Å². The van der Waals surface area contributed by atoms with Gasteiger partial charge in [0.05, 0.1) is 6.54 Å². The highest BCUT2D eigenvalue weighted by molar-refractivity contribution is 9.10. The van der Waals surface area contributed by atoms with E-state index in [2.05, 4.69) is 31.5 Å². The highest BCUT2D eigenvalue weighted by Crippen LogP contribution is 2.15. The van der Waals surface area contributed by atoms with Crippen molar-refractivity contribution in [2.45, 2.75) is 25.3 Å². The Hall–Kier alpha value is -0.910. The number of rotatable bonds is 5. The molecule has 1 aliphatic rings. The summed E-state index contributed by atoms with van der Waals surface area (Å²) in [6.07, 6.45) is 3.76. The number of piperidine rings is 1. The van der Waals surface area contributed by atoms with Crippen molar-refractivity contribution in [3.63, 3.8) is 0 Å². The van der Waals surface area contributed by atoms with Gasteiger partial charge in [0, 0.05) is 22.7 Å². The number of carbonyl (C=O) groups excluding carboxylic acids is 1. The van der Waals surface area contributed by atoms with Crippen LogP contribution in [0.25, 0.3) is 0 Å². The molecular weight excluding hydrogens is 318 g/mol. The summed E-state index contributed by atoms with van der Waals surface area (Å²) < 4.78 is 0.968. The zero-order valence-corrected chi connectivity index (χ0v) is 13.4. The summed E-state index contributed by atoms with van der Waals surface area (Å²) in [5, 5.41) is 6.42. The smallest absolute Gasteiger partial charge is 0.238 e. The first-order valence-electron chi connectivity index (χ1n) is 7.11. The van der Waals surface area contributed by atoms with Crippen molar-refractivity contribution in [2.75, 3.05) is 32.0 Å². The first-order chi connectivity index (χ1) is 9.63. The Kier molecular flexibility index (Phi) is 6.01. The third-order valence-electron chi connectivity index (χ3n) is 3.47. The van der Waals surface area contributed by atoms with Crippen LogP contribution in [0.5, 0.6) is 0 Å². The van der Waals surface area contributed by atoms with E-state index in [0.717, 1.165) is 23.2 Å². The number of hydrogen-bond acceptors (Lipinski definition) is 3. The van der Waals surface area contributed by atoms with Crippen LogP contribution in [0.2, 0.25) is 0 Å². The van der Waals surface area contributed by atoms with Gasteiger partial charge in [0.25, 0.3) is 0 Å². The summed E-state index contributed by atoms with van der Waals surface area (Å²) in [6, 6.07) is 8.17. The lowest BCUT2D eigenvalue weighted by atomic mass is 10.0. The number of carbonyl (C=O) groups is 1. The van der Waals surface area contributed by atoms with Gasteiger partial charge in [-0.05, 0) is 44.6 Å². The Bertz CT molecular complexity index is 446. The second-order valence-electron chi connectivity index (χ2n) is 5.40. The first-order valence-corrected chi connectivity index (χ1v) is 7.90. The van der Waals surface area contributed by atoms with E-state index in [9.17, 15) is 4.79 Å². The summed E-state index contributed by atoms with van der Waals surface area (Å²) in [5.41, 5.74) is 0.827. The minimum atomic E-state index is 0.0291. The molecule has 0 spiro atoms. The minimum Gasteiger partial charge on any atom is -0.325 e. The molecule has 1 aliphatic heterocycles. The van der Waals surface area contributed by atoms with Crippen molar-refractivity contribution in [3.05, 3.63) is 28.7 Å². The van der Waals surface area contributed by atoms with Crippen LogP contribution < -0.4 is 10.6 Å². The Morgan fingerprint density at radius 1 is 1.50 bits per heavy atom. The molecule has 0 bridgehead atoms. The average Bonchev–Trinajstić information content (AvgIpc) is 2.39. The van der Waals surface area contributed by atoms with Crippen molar-refractivity contribution in [1.29, 1.82) is 0 Å².